The molecule has 0 heterocycles. The van der Waals surface area contributed by atoms with Crippen LogP contribution in [0.4, 0.5) is 0 Å². The molecular formula is C22H35NO3. The Morgan fingerprint density at radius 1 is 1.00 bits per heavy atom. The second-order valence-electron chi connectivity index (χ2n) is 6.50. The Hall–Kier alpha value is -1.97. The third-order valence-corrected chi connectivity index (χ3v) is 4.20. The second kappa shape index (κ2) is 14.2. The van der Waals surface area contributed by atoms with Crippen LogP contribution in [-0.4, -0.2) is 26.2 Å². The maximum absolute atomic E-state index is 11.8. The van der Waals surface area contributed by atoms with Crippen molar-refractivity contribution in [2.24, 2.45) is 0 Å². The lowest BCUT2D eigenvalue weighted by atomic mass is 10.2. The van der Waals surface area contributed by atoms with Gasteiger partial charge in [0.25, 0.3) is 0 Å². The lowest BCUT2D eigenvalue weighted by Crippen LogP contribution is -2.21. The molecule has 0 aromatic heterocycles. The molecule has 4 nitrogen and oxygen atoms in total. The fourth-order valence-corrected chi connectivity index (χ4v) is 2.61. The van der Waals surface area contributed by atoms with Gasteiger partial charge in [-0.15, -0.1) is 0 Å². The highest BCUT2D eigenvalue weighted by atomic mass is 16.5. The van der Waals surface area contributed by atoms with Gasteiger partial charge in [-0.05, 0) is 36.6 Å². The first-order valence-corrected chi connectivity index (χ1v) is 9.98. The monoisotopic (exact) mass is 361 g/mol. The first-order chi connectivity index (χ1) is 12.7. The average Bonchev–Trinajstić information content (AvgIpc) is 2.66. The summed E-state index contributed by atoms with van der Waals surface area (Å²) in [7, 11) is 1.63. The number of carbonyl (C=O) groups excluding carboxylic acids is 1. The third kappa shape index (κ3) is 9.50. The van der Waals surface area contributed by atoms with Crippen LogP contribution < -0.4 is 14.8 Å². The zero-order chi connectivity index (χ0) is 19.0. The Kier molecular flexibility index (Phi) is 12.1. The number of benzene rings is 1. The second-order valence-corrected chi connectivity index (χ2v) is 6.50. The maximum Gasteiger partial charge on any atom is 0.243 e. The van der Waals surface area contributed by atoms with Crippen molar-refractivity contribution < 1.29 is 14.3 Å². The van der Waals surface area contributed by atoms with Gasteiger partial charge in [0.1, 0.15) is 0 Å². The van der Waals surface area contributed by atoms with Gasteiger partial charge < -0.3 is 14.8 Å². The van der Waals surface area contributed by atoms with Crippen LogP contribution in [0.25, 0.3) is 6.08 Å². The van der Waals surface area contributed by atoms with Gasteiger partial charge in [0.15, 0.2) is 11.5 Å². The molecule has 0 atom stereocenters. The molecule has 0 unspecified atom stereocenters. The van der Waals surface area contributed by atoms with E-state index in [0.717, 1.165) is 37.1 Å². The molecule has 0 spiro atoms. The fraction of sp³-hybridized carbons (Fsp3) is 0.591. The highest BCUT2D eigenvalue weighted by molar-refractivity contribution is 5.91. The predicted octanol–water partition coefficient (Wildman–Crippen LogP) is 5.36. The fourth-order valence-electron chi connectivity index (χ4n) is 2.61. The molecule has 0 aliphatic heterocycles. The molecule has 1 N–H and O–H groups in total. The zero-order valence-electron chi connectivity index (χ0n) is 16.7. The molecule has 0 bridgehead atoms. The molecule has 146 valence electrons. The van der Waals surface area contributed by atoms with E-state index in [4.69, 9.17) is 9.47 Å². The standard InChI is InChI=1S/C22H35NO3/c1-4-6-8-10-16-23-22(24)15-13-19-12-14-20(21(18-19)25-3)26-17-11-9-7-5-2/h12-15,18H,4-11,16-17H2,1-3H3,(H,23,24)/b15-13+. The van der Waals surface area contributed by atoms with Crippen molar-refractivity contribution in [1.82, 2.24) is 5.32 Å². The molecule has 26 heavy (non-hydrogen) atoms. The van der Waals surface area contributed by atoms with E-state index in [-0.39, 0.29) is 5.91 Å². The Morgan fingerprint density at radius 2 is 1.73 bits per heavy atom. The van der Waals surface area contributed by atoms with Crippen molar-refractivity contribution in [3.05, 3.63) is 29.8 Å². The summed E-state index contributed by atoms with van der Waals surface area (Å²) in [5.74, 6) is 1.39. The van der Waals surface area contributed by atoms with Crippen molar-refractivity contribution in [3.8, 4) is 11.5 Å². The molecule has 0 saturated carbocycles. The van der Waals surface area contributed by atoms with E-state index in [9.17, 15) is 4.79 Å². The minimum Gasteiger partial charge on any atom is -0.493 e. The molecule has 0 radical (unpaired) electrons. The van der Waals surface area contributed by atoms with Crippen LogP contribution >= 0.6 is 0 Å². The number of carbonyl (C=O) groups is 1. The van der Waals surface area contributed by atoms with E-state index < -0.39 is 0 Å². The highest BCUT2D eigenvalue weighted by Gasteiger charge is 2.05. The quantitative estimate of drug-likeness (QED) is 0.358. The van der Waals surface area contributed by atoms with Gasteiger partial charge in [-0.25, -0.2) is 0 Å². The number of hydrogen-bond acceptors (Lipinski definition) is 3. The smallest absolute Gasteiger partial charge is 0.243 e. The Labute approximate surface area is 159 Å². The molecular weight excluding hydrogens is 326 g/mol. The Bertz CT molecular complexity index is 540. The first-order valence-electron chi connectivity index (χ1n) is 9.98. The SMILES string of the molecule is CCCCCCNC(=O)/C=C/c1ccc(OCCCCCC)c(OC)c1. The Balaban J connectivity index is 2.45. The van der Waals surface area contributed by atoms with E-state index in [1.54, 1.807) is 19.3 Å². The summed E-state index contributed by atoms with van der Waals surface area (Å²) in [6, 6.07) is 5.74. The van der Waals surface area contributed by atoms with Gasteiger partial charge in [0.05, 0.1) is 13.7 Å². The molecule has 4 heteroatoms. The molecule has 0 saturated heterocycles. The van der Waals surface area contributed by atoms with E-state index in [0.29, 0.717) is 12.4 Å². The summed E-state index contributed by atoms with van der Waals surface area (Å²) < 4.78 is 11.2. The summed E-state index contributed by atoms with van der Waals surface area (Å²) in [6.45, 7) is 5.81. The van der Waals surface area contributed by atoms with E-state index in [2.05, 4.69) is 19.2 Å². The molecule has 0 aliphatic rings. The Morgan fingerprint density at radius 3 is 2.42 bits per heavy atom. The largest absolute Gasteiger partial charge is 0.493 e. The van der Waals surface area contributed by atoms with Gasteiger partial charge in [-0.3, -0.25) is 4.79 Å². The van der Waals surface area contributed by atoms with Gasteiger partial charge >= 0.3 is 0 Å². The van der Waals surface area contributed by atoms with Crippen molar-refractivity contribution in [1.29, 1.82) is 0 Å². The van der Waals surface area contributed by atoms with Crippen LogP contribution in [0.15, 0.2) is 24.3 Å². The van der Waals surface area contributed by atoms with Crippen LogP contribution in [0.1, 0.15) is 70.8 Å². The zero-order valence-corrected chi connectivity index (χ0v) is 16.7. The number of rotatable bonds is 14. The van der Waals surface area contributed by atoms with Gasteiger partial charge in [0.2, 0.25) is 5.91 Å². The number of unbranched alkanes of at least 4 members (excludes halogenated alkanes) is 6. The van der Waals surface area contributed by atoms with E-state index in [1.807, 2.05) is 18.2 Å². The molecule has 1 rings (SSSR count). The van der Waals surface area contributed by atoms with Crippen molar-refractivity contribution >= 4 is 12.0 Å². The van der Waals surface area contributed by atoms with Crippen molar-refractivity contribution in [2.45, 2.75) is 65.2 Å². The molecule has 1 amide bonds. The number of hydrogen-bond donors (Lipinski definition) is 1. The summed E-state index contributed by atoms with van der Waals surface area (Å²) >= 11 is 0. The first kappa shape index (κ1) is 22.1. The van der Waals surface area contributed by atoms with Crippen LogP contribution in [0.5, 0.6) is 11.5 Å². The lowest BCUT2D eigenvalue weighted by Gasteiger charge is -2.11. The molecule has 0 fully saturated rings. The average molecular weight is 362 g/mol. The molecule has 1 aromatic rings. The van der Waals surface area contributed by atoms with Crippen LogP contribution in [0.3, 0.4) is 0 Å². The minimum atomic E-state index is -0.0586. The van der Waals surface area contributed by atoms with Crippen LogP contribution in [0.2, 0.25) is 0 Å². The van der Waals surface area contributed by atoms with Crippen molar-refractivity contribution in [3.63, 3.8) is 0 Å². The summed E-state index contributed by atoms with van der Waals surface area (Å²) in [5, 5.41) is 2.91. The topological polar surface area (TPSA) is 47.6 Å². The van der Waals surface area contributed by atoms with Gasteiger partial charge in [0, 0.05) is 12.6 Å². The minimum absolute atomic E-state index is 0.0586. The maximum atomic E-state index is 11.8. The van der Waals surface area contributed by atoms with Crippen LogP contribution in [-0.2, 0) is 4.79 Å². The molecule has 1 aromatic carbocycles. The predicted molar refractivity (Wildman–Crippen MR) is 109 cm³/mol. The number of nitrogens with one attached hydrogen (secondary N) is 1. The van der Waals surface area contributed by atoms with E-state index in [1.165, 1.54) is 32.1 Å². The summed E-state index contributed by atoms with van der Waals surface area (Å²) in [6.07, 6.45) is 12.7. The van der Waals surface area contributed by atoms with Crippen molar-refractivity contribution in [2.75, 3.05) is 20.3 Å². The summed E-state index contributed by atoms with van der Waals surface area (Å²) in [4.78, 5) is 11.8. The normalized spacial score (nSPS) is 10.9. The highest BCUT2D eigenvalue weighted by Crippen LogP contribution is 2.28. The number of amides is 1. The number of methoxy groups -OCH3 is 1. The van der Waals surface area contributed by atoms with E-state index >= 15 is 0 Å². The lowest BCUT2D eigenvalue weighted by molar-refractivity contribution is -0.116. The van der Waals surface area contributed by atoms with Gasteiger partial charge in [-0.2, -0.15) is 0 Å². The van der Waals surface area contributed by atoms with Gasteiger partial charge in [-0.1, -0.05) is 58.4 Å². The summed E-state index contributed by atoms with van der Waals surface area (Å²) in [5.41, 5.74) is 0.918. The third-order valence-electron chi connectivity index (χ3n) is 4.20. The van der Waals surface area contributed by atoms with Crippen LogP contribution in [0, 0.1) is 0 Å². The molecule has 0 aliphatic carbocycles. The number of ether oxygens (including phenoxy) is 2.